The standard InChI is InChI=1S/C16H24N4O2/c1-12-17-7-4-15(19-12)20-8-5-13(6-9-20)11-18-16(21)14-3-2-10-22-14/h4,7,13-14H,2-3,5-6,8-11H2,1H3,(H,18,21). The highest BCUT2D eigenvalue weighted by atomic mass is 16.5. The molecule has 2 fully saturated rings. The van der Waals surface area contributed by atoms with Crippen LogP contribution in [-0.2, 0) is 9.53 Å². The van der Waals surface area contributed by atoms with Crippen molar-refractivity contribution in [3.05, 3.63) is 18.1 Å². The Morgan fingerprint density at radius 1 is 1.41 bits per heavy atom. The van der Waals surface area contributed by atoms with E-state index < -0.39 is 0 Å². The Morgan fingerprint density at radius 2 is 2.23 bits per heavy atom. The molecule has 0 aliphatic carbocycles. The minimum atomic E-state index is -0.218. The summed E-state index contributed by atoms with van der Waals surface area (Å²) in [5.74, 6) is 2.42. The van der Waals surface area contributed by atoms with Gasteiger partial charge in [0.25, 0.3) is 0 Å². The number of aromatic nitrogens is 2. The topological polar surface area (TPSA) is 67.4 Å². The molecule has 2 aliphatic rings. The molecule has 1 N–H and O–H groups in total. The fraction of sp³-hybridized carbons (Fsp3) is 0.688. The van der Waals surface area contributed by atoms with E-state index in [1.54, 1.807) is 0 Å². The summed E-state index contributed by atoms with van der Waals surface area (Å²) < 4.78 is 5.41. The van der Waals surface area contributed by atoms with E-state index >= 15 is 0 Å². The molecule has 1 amide bonds. The molecule has 2 aliphatic heterocycles. The molecule has 0 saturated carbocycles. The molecule has 3 rings (SSSR count). The lowest BCUT2D eigenvalue weighted by Crippen LogP contribution is -2.41. The molecule has 0 spiro atoms. The predicted molar refractivity (Wildman–Crippen MR) is 83.7 cm³/mol. The van der Waals surface area contributed by atoms with E-state index in [1.165, 1.54) is 0 Å². The average Bonchev–Trinajstić information content (AvgIpc) is 3.08. The van der Waals surface area contributed by atoms with Gasteiger partial charge in [0.2, 0.25) is 5.91 Å². The highest BCUT2D eigenvalue weighted by molar-refractivity contribution is 5.80. The molecule has 22 heavy (non-hydrogen) atoms. The minimum absolute atomic E-state index is 0.0614. The number of nitrogens with one attached hydrogen (secondary N) is 1. The Balaban J connectivity index is 1.43. The third kappa shape index (κ3) is 3.74. The Morgan fingerprint density at radius 3 is 2.91 bits per heavy atom. The number of anilines is 1. The van der Waals surface area contributed by atoms with Gasteiger partial charge >= 0.3 is 0 Å². The van der Waals surface area contributed by atoms with Crippen LogP contribution in [0.3, 0.4) is 0 Å². The molecule has 1 aromatic rings. The average molecular weight is 304 g/mol. The zero-order valence-electron chi connectivity index (χ0n) is 13.1. The molecular weight excluding hydrogens is 280 g/mol. The predicted octanol–water partition coefficient (Wildman–Crippen LogP) is 1.30. The van der Waals surface area contributed by atoms with Gasteiger partial charge in [-0.15, -0.1) is 0 Å². The van der Waals surface area contributed by atoms with Gasteiger partial charge in [-0.05, 0) is 44.6 Å². The van der Waals surface area contributed by atoms with Crippen molar-refractivity contribution < 1.29 is 9.53 Å². The highest BCUT2D eigenvalue weighted by Crippen LogP contribution is 2.21. The summed E-state index contributed by atoms with van der Waals surface area (Å²) in [5.41, 5.74) is 0. The van der Waals surface area contributed by atoms with E-state index in [4.69, 9.17) is 4.74 Å². The third-order valence-corrected chi connectivity index (χ3v) is 4.49. The molecular formula is C16H24N4O2. The van der Waals surface area contributed by atoms with Crippen molar-refractivity contribution in [1.82, 2.24) is 15.3 Å². The van der Waals surface area contributed by atoms with E-state index in [-0.39, 0.29) is 12.0 Å². The molecule has 3 heterocycles. The normalized spacial score (nSPS) is 22.8. The number of rotatable bonds is 4. The number of ether oxygens (including phenoxy) is 1. The summed E-state index contributed by atoms with van der Waals surface area (Å²) in [6.45, 7) is 5.36. The molecule has 1 unspecified atom stereocenters. The van der Waals surface area contributed by atoms with Crippen LogP contribution < -0.4 is 10.2 Å². The number of carbonyl (C=O) groups excluding carboxylic acids is 1. The maximum Gasteiger partial charge on any atom is 0.249 e. The van der Waals surface area contributed by atoms with Gasteiger partial charge in [0, 0.05) is 32.4 Å². The first-order chi connectivity index (χ1) is 10.7. The van der Waals surface area contributed by atoms with E-state index in [1.807, 2.05) is 19.2 Å². The van der Waals surface area contributed by atoms with Crippen LogP contribution in [-0.4, -0.2) is 48.2 Å². The third-order valence-electron chi connectivity index (χ3n) is 4.49. The van der Waals surface area contributed by atoms with Crippen LogP contribution in [0.5, 0.6) is 0 Å². The monoisotopic (exact) mass is 304 g/mol. The Hall–Kier alpha value is -1.69. The number of nitrogens with zero attached hydrogens (tertiary/aromatic N) is 3. The summed E-state index contributed by atoms with van der Waals surface area (Å²) in [4.78, 5) is 22.9. The number of aryl methyl sites for hydroxylation is 1. The largest absolute Gasteiger partial charge is 0.368 e. The quantitative estimate of drug-likeness (QED) is 0.908. The lowest BCUT2D eigenvalue weighted by atomic mass is 9.96. The Kier molecular flexibility index (Phi) is 4.87. The number of carbonyl (C=O) groups is 1. The maximum atomic E-state index is 11.9. The van der Waals surface area contributed by atoms with Gasteiger partial charge in [0.05, 0.1) is 0 Å². The first-order valence-electron chi connectivity index (χ1n) is 8.16. The van der Waals surface area contributed by atoms with Crippen LogP contribution in [0.2, 0.25) is 0 Å². The summed E-state index contributed by atoms with van der Waals surface area (Å²) in [6.07, 6.45) is 5.60. The number of hydrogen-bond donors (Lipinski definition) is 1. The zero-order chi connectivity index (χ0) is 15.4. The molecule has 120 valence electrons. The van der Waals surface area contributed by atoms with Gasteiger partial charge in [0.1, 0.15) is 17.7 Å². The summed E-state index contributed by atoms with van der Waals surface area (Å²) in [5, 5.41) is 3.05. The number of hydrogen-bond acceptors (Lipinski definition) is 5. The van der Waals surface area contributed by atoms with Crippen LogP contribution in [0.4, 0.5) is 5.82 Å². The van der Waals surface area contributed by atoms with Crippen molar-refractivity contribution in [3.63, 3.8) is 0 Å². The summed E-state index contributed by atoms with van der Waals surface area (Å²) >= 11 is 0. The van der Waals surface area contributed by atoms with Crippen molar-refractivity contribution in [1.29, 1.82) is 0 Å². The molecule has 0 aromatic carbocycles. The molecule has 2 saturated heterocycles. The number of amides is 1. The van der Waals surface area contributed by atoms with Crippen LogP contribution in [0.1, 0.15) is 31.5 Å². The molecule has 6 nitrogen and oxygen atoms in total. The second kappa shape index (κ2) is 7.05. The summed E-state index contributed by atoms with van der Waals surface area (Å²) in [6, 6.07) is 1.96. The van der Waals surface area contributed by atoms with Crippen molar-refractivity contribution in [2.75, 3.05) is 31.1 Å². The second-order valence-electron chi connectivity index (χ2n) is 6.14. The molecule has 6 heteroatoms. The second-order valence-corrected chi connectivity index (χ2v) is 6.14. The van der Waals surface area contributed by atoms with Gasteiger partial charge in [-0.3, -0.25) is 4.79 Å². The SMILES string of the molecule is Cc1nccc(N2CCC(CNC(=O)C3CCCO3)CC2)n1. The van der Waals surface area contributed by atoms with Gasteiger partial charge < -0.3 is 15.0 Å². The fourth-order valence-corrected chi connectivity index (χ4v) is 3.13. The van der Waals surface area contributed by atoms with Crippen LogP contribution >= 0.6 is 0 Å². The maximum absolute atomic E-state index is 11.9. The van der Waals surface area contributed by atoms with Crippen molar-refractivity contribution in [2.45, 2.75) is 38.7 Å². The lowest BCUT2D eigenvalue weighted by Gasteiger charge is -2.33. The van der Waals surface area contributed by atoms with Gasteiger partial charge in [-0.25, -0.2) is 9.97 Å². The molecule has 0 bridgehead atoms. The van der Waals surface area contributed by atoms with Crippen LogP contribution in [0, 0.1) is 12.8 Å². The minimum Gasteiger partial charge on any atom is -0.368 e. The molecule has 1 aromatic heterocycles. The van der Waals surface area contributed by atoms with E-state index in [0.717, 1.165) is 63.6 Å². The van der Waals surface area contributed by atoms with Crippen molar-refractivity contribution in [3.8, 4) is 0 Å². The highest BCUT2D eigenvalue weighted by Gasteiger charge is 2.25. The van der Waals surface area contributed by atoms with Crippen molar-refractivity contribution >= 4 is 11.7 Å². The van der Waals surface area contributed by atoms with E-state index in [9.17, 15) is 4.79 Å². The molecule has 1 atom stereocenters. The fourth-order valence-electron chi connectivity index (χ4n) is 3.13. The first-order valence-corrected chi connectivity index (χ1v) is 8.16. The van der Waals surface area contributed by atoms with Crippen LogP contribution in [0.25, 0.3) is 0 Å². The lowest BCUT2D eigenvalue weighted by molar-refractivity contribution is -0.130. The first kappa shape index (κ1) is 15.2. The van der Waals surface area contributed by atoms with Gasteiger partial charge in [-0.1, -0.05) is 0 Å². The van der Waals surface area contributed by atoms with Gasteiger partial charge in [0.15, 0.2) is 0 Å². The van der Waals surface area contributed by atoms with E-state index in [2.05, 4.69) is 20.2 Å². The Labute approximate surface area is 131 Å². The Bertz CT molecular complexity index is 509. The smallest absolute Gasteiger partial charge is 0.249 e. The van der Waals surface area contributed by atoms with Crippen molar-refractivity contribution in [2.24, 2.45) is 5.92 Å². The van der Waals surface area contributed by atoms with Gasteiger partial charge in [-0.2, -0.15) is 0 Å². The van der Waals surface area contributed by atoms with E-state index in [0.29, 0.717) is 5.92 Å². The number of piperidine rings is 1. The zero-order valence-corrected chi connectivity index (χ0v) is 13.1. The molecule has 0 radical (unpaired) electrons. The van der Waals surface area contributed by atoms with Crippen LogP contribution in [0.15, 0.2) is 12.3 Å². The summed E-state index contributed by atoms with van der Waals surface area (Å²) in [7, 11) is 0.